The molecule has 0 aromatic carbocycles. The summed E-state index contributed by atoms with van der Waals surface area (Å²) in [7, 11) is 2.06. The van der Waals surface area contributed by atoms with E-state index >= 15 is 0 Å². The van der Waals surface area contributed by atoms with E-state index in [1.807, 2.05) is 19.1 Å². The van der Waals surface area contributed by atoms with Crippen LogP contribution in [-0.4, -0.2) is 21.9 Å². The largest absolute Gasteiger partial charge is 0.308 e. The second-order valence-electron chi connectivity index (χ2n) is 4.19. The first-order valence-electron chi connectivity index (χ1n) is 5.69. The summed E-state index contributed by atoms with van der Waals surface area (Å²) >= 11 is 1.68. The standard InChI is InChI=1S/C12H17N5S/c1-9-15-11(8-18-9)7-17(2)6-10-4-3-5-14-12(10)16-13/h3-5,8H,6-7,13H2,1-2H3,(H,14,16). The van der Waals surface area contributed by atoms with Gasteiger partial charge in [-0.1, -0.05) is 6.07 Å². The second-order valence-corrected chi connectivity index (χ2v) is 5.25. The van der Waals surface area contributed by atoms with Gasteiger partial charge in [0.15, 0.2) is 0 Å². The Kier molecular flexibility index (Phi) is 4.24. The highest BCUT2D eigenvalue weighted by Gasteiger charge is 2.07. The summed E-state index contributed by atoms with van der Waals surface area (Å²) in [5.74, 6) is 6.16. The number of nitrogen functional groups attached to an aromatic ring is 1. The molecule has 0 bridgehead atoms. The van der Waals surface area contributed by atoms with Gasteiger partial charge in [-0.25, -0.2) is 15.8 Å². The highest BCUT2D eigenvalue weighted by Crippen LogP contribution is 2.15. The minimum Gasteiger partial charge on any atom is -0.308 e. The number of anilines is 1. The fourth-order valence-electron chi connectivity index (χ4n) is 1.80. The third-order valence-corrected chi connectivity index (χ3v) is 3.39. The third-order valence-electron chi connectivity index (χ3n) is 2.57. The first kappa shape index (κ1) is 12.9. The molecule has 0 radical (unpaired) electrons. The van der Waals surface area contributed by atoms with Gasteiger partial charge >= 0.3 is 0 Å². The molecule has 0 fully saturated rings. The summed E-state index contributed by atoms with van der Waals surface area (Å²) in [4.78, 5) is 10.8. The van der Waals surface area contributed by atoms with Crippen LogP contribution in [0.5, 0.6) is 0 Å². The van der Waals surface area contributed by atoms with Crippen LogP contribution in [0.2, 0.25) is 0 Å². The van der Waals surface area contributed by atoms with Crippen LogP contribution in [0.1, 0.15) is 16.3 Å². The lowest BCUT2D eigenvalue weighted by Gasteiger charge is -2.16. The van der Waals surface area contributed by atoms with Crippen molar-refractivity contribution in [3.05, 3.63) is 40.0 Å². The number of hydrazine groups is 1. The number of nitrogens with one attached hydrogen (secondary N) is 1. The Labute approximate surface area is 111 Å². The third kappa shape index (κ3) is 3.25. The molecule has 0 aliphatic heterocycles. The second kappa shape index (κ2) is 5.90. The molecule has 0 saturated carbocycles. The van der Waals surface area contributed by atoms with Crippen molar-refractivity contribution < 1.29 is 0 Å². The average Bonchev–Trinajstić information content (AvgIpc) is 2.75. The summed E-state index contributed by atoms with van der Waals surface area (Å²) in [6.45, 7) is 3.62. The fraction of sp³-hybridized carbons (Fsp3) is 0.333. The molecule has 2 heterocycles. The molecule has 96 valence electrons. The molecule has 6 heteroatoms. The molecule has 0 atom stereocenters. The van der Waals surface area contributed by atoms with E-state index < -0.39 is 0 Å². The van der Waals surface area contributed by atoms with Crippen LogP contribution < -0.4 is 11.3 Å². The first-order valence-corrected chi connectivity index (χ1v) is 6.57. The van der Waals surface area contributed by atoms with E-state index in [0.29, 0.717) is 0 Å². The molecule has 2 aromatic heterocycles. The van der Waals surface area contributed by atoms with Gasteiger partial charge in [-0.15, -0.1) is 11.3 Å². The van der Waals surface area contributed by atoms with Crippen LogP contribution in [0.3, 0.4) is 0 Å². The van der Waals surface area contributed by atoms with Crippen LogP contribution in [0.15, 0.2) is 23.7 Å². The van der Waals surface area contributed by atoms with Gasteiger partial charge in [0, 0.05) is 30.2 Å². The molecule has 0 aliphatic carbocycles. The number of aryl methyl sites for hydroxylation is 1. The van der Waals surface area contributed by atoms with Crippen molar-refractivity contribution in [1.82, 2.24) is 14.9 Å². The summed E-state index contributed by atoms with van der Waals surface area (Å²) in [5.41, 5.74) is 4.80. The van der Waals surface area contributed by atoms with Crippen LogP contribution in [0, 0.1) is 6.92 Å². The fourth-order valence-corrected chi connectivity index (χ4v) is 2.40. The minimum atomic E-state index is 0.721. The van der Waals surface area contributed by atoms with E-state index in [9.17, 15) is 0 Å². The van der Waals surface area contributed by atoms with Crippen molar-refractivity contribution in [2.45, 2.75) is 20.0 Å². The van der Waals surface area contributed by atoms with Crippen molar-refractivity contribution in [2.24, 2.45) is 5.84 Å². The molecule has 0 aliphatic rings. The Morgan fingerprint density at radius 2 is 2.28 bits per heavy atom. The van der Waals surface area contributed by atoms with Gasteiger partial charge in [0.05, 0.1) is 10.7 Å². The zero-order valence-corrected chi connectivity index (χ0v) is 11.4. The lowest BCUT2D eigenvalue weighted by Crippen LogP contribution is -2.20. The predicted molar refractivity (Wildman–Crippen MR) is 74.1 cm³/mol. The number of hydrogen-bond acceptors (Lipinski definition) is 6. The zero-order chi connectivity index (χ0) is 13.0. The van der Waals surface area contributed by atoms with Gasteiger partial charge in [0.2, 0.25) is 0 Å². The molecule has 18 heavy (non-hydrogen) atoms. The lowest BCUT2D eigenvalue weighted by atomic mass is 10.2. The van der Waals surface area contributed by atoms with Gasteiger partial charge in [0.25, 0.3) is 0 Å². The molecular formula is C12H17N5S. The summed E-state index contributed by atoms with van der Waals surface area (Å²) in [5, 5.41) is 3.20. The number of hydrogen-bond donors (Lipinski definition) is 2. The number of pyridine rings is 1. The number of thiazole rings is 1. The van der Waals surface area contributed by atoms with Crippen LogP contribution in [0.4, 0.5) is 5.82 Å². The SMILES string of the molecule is Cc1nc(CN(C)Cc2cccnc2NN)cs1. The lowest BCUT2D eigenvalue weighted by molar-refractivity contribution is 0.316. The number of nitrogens with zero attached hydrogens (tertiary/aromatic N) is 3. The molecule has 0 saturated heterocycles. The topological polar surface area (TPSA) is 67.1 Å². The predicted octanol–water partition coefficient (Wildman–Crippen LogP) is 1.76. The maximum atomic E-state index is 5.44. The Hall–Kier alpha value is -1.50. The van der Waals surface area contributed by atoms with Crippen LogP contribution in [0.25, 0.3) is 0 Å². The van der Waals surface area contributed by atoms with Crippen molar-refractivity contribution in [1.29, 1.82) is 0 Å². The van der Waals surface area contributed by atoms with E-state index in [4.69, 9.17) is 5.84 Å². The molecule has 0 spiro atoms. The normalized spacial score (nSPS) is 10.9. The van der Waals surface area contributed by atoms with E-state index in [0.717, 1.165) is 35.2 Å². The number of rotatable bonds is 5. The zero-order valence-electron chi connectivity index (χ0n) is 10.6. The molecule has 5 nitrogen and oxygen atoms in total. The van der Waals surface area contributed by atoms with Crippen LogP contribution >= 0.6 is 11.3 Å². The Bertz CT molecular complexity index is 511. The molecule has 0 unspecified atom stereocenters. The van der Waals surface area contributed by atoms with Gasteiger partial charge in [0.1, 0.15) is 5.82 Å². The summed E-state index contributed by atoms with van der Waals surface area (Å²) in [6, 6.07) is 3.93. The number of aromatic nitrogens is 2. The van der Waals surface area contributed by atoms with E-state index in [2.05, 4.69) is 32.7 Å². The monoisotopic (exact) mass is 263 g/mol. The maximum absolute atomic E-state index is 5.44. The average molecular weight is 263 g/mol. The molecular weight excluding hydrogens is 246 g/mol. The van der Waals surface area contributed by atoms with Crippen molar-refractivity contribution in [3.8, 4) is 0 Å². The van der Waals surface area contributed by atoms with Gasteiger partial charge < -0.3 is 5.43 Å². The van der Waals surface area contributed by atoms with Gasteiger partial charge in [-0.05, 0) is 20.0 Å². The van der Waals surface area contributed by atoms with Gasteiger partial charge in [-0.3, -0.25) is 4.90 Å². The highest BCUT2D eigenvalue weighted by molar-refractivity contribution is 7.09. The maximum Gasteiger partial charge on any atom is 0.144 e. The van der Waals surface area contributed by atoms with E-state index in [1.54, 1.807) is 17.5 Å². The molecule has 2 rings (SSSR count). The van der Waals surface area contributed by atoms with Crippen molar-refractivity contribution >= 4 is 17.2 Å². The Morgan fingerprint density at radius 3 is 2.94 bits per heavy atom. The first-order chi connectivity index (χ1) is 8.69. The van der Waals surface area contributed by atoms with Crippen molar-refractivity contribution in [3.63, 3.8) is 0 Å². The number of nitrogens with two attached hydrogens (primary N) is 1. The molecule has 0 amide bonds. The smallest absolute Gasteiger partial charge is 0.144 e. The Morgan fingerprint density at radius 1 is 1.44 bits per heavy atom. The van der Waals surface area contributed by atoms with Crippen LogP contribution in [-0.2, 0) is 13.1 Å². The van der Waals surface area contributed by atoms with Crippen molar-refractivity contribution in [2.75, 3.05) is 12.5 Å². The quantitative estimate of drug-likeness (QED) is 0.635. The van der Waals surface area contributed by atoms with Gasteiger partial charge in [-0.2, -0.15) is 0 Å². The summed E-state index contributed by atoms with van der Waals surface area (Å²) in [6.07, 6.45) is 1.72. The minimum absolute atomic E-state index is 0.721. The van der Waals surface area contributed by atoms with E-state index in [1.165, 1.54) is 0 Å². The highest BCUT2D eigenvalue weighted by atomic mass is 32.1. The summed E-state index contributed by atoms with van der Waals surface area (Å²) < 4.78 is 0. The molecule has 3 N–H and O–H groups in total. The van der Waals surface area contributed by atoms with E-state index in [-0.39, 0.29) is 0 Å². The molecule has 2 aromatic rings. The Balaban J connectivity index is 2.00.